The van der Waals surface area contributed by atoms with Crippen LogP contribution in [0.5, 0.6) is 0 Å². The fourth-order valence-corrected chi connectivity index (χ4v) is 1.64. The Hall–Kier alpha value is -0.930. The van der Waals surface area contributed by atoms with Crippen LogP contribution in [-0.2, 0) is 0 Å². The van der Waals surface area contributed by atoms with Gasteiger partial charge in [0.1, 0.15) is 0 Å². The molecule has 0 fully saturated rings. The van der Waals surface area contributed by atoms with Gasteiger partial charge in [-0.15, -0.1) is 0 Å². The third-order valence-corrected chi connectivity index (χ3v) is 2.84. The number of nitrogens with one attached hydrogen (secondary N) is 1. The summed E-state index contributed by atoms with van der Waals surface area (Å²) in [6.07, 6.45) is 1.09. The monoisotopic (exact) mass is 241 g/mol. The van der Waals surface area contributed by atoms with Gasteiger partial charge >= 0.3 is 0 Å². The highest BCUT2D eigenvalue weighted by Gasteiger charge is 2.02. The fraction of sp³-hybridized carbons (Fsp3) is 0.500. The van der Waals surface area contributed by atoms with Gasteiger partial charge in [-0.1, -0.05) is 11.6 Å². The van der Waals surface area contributed by atoms with Crippen molar-refractivity contribution in [1.82, 2.24) is 4.90 Å². The highest BCUT2D eigenvalue weighted by molar-refractivity contribution is 6.31. The number of hydrogen-bond donors (Lipinski definition) is 2. The van der Waals surface area contributed by atoms with Gasteiger partial charge in [-0.2, -0.15) is 0 Å². The van der Waals surface area contributed by atoms with Crippen LogP contribution < -0.4 is 11.1 Å². The Morgan fingerprint density at radius 1 is 1.38 bits per heavy atom. The Bertz CT molecular complexity index is 350. The van der Waals surface area contributed by atoms with Gasteiger partial charge in [0.25, 0.3) is 0 Å². The SMILES string of the molecule is Cc1cc(NCCCN(C)C)c(N)cc1Cl. The summed E-state index contributed by atoms with van der Waals surface area (Å²) in [6, 6.07) is 3.79. The van der Waals surface area contributed by atoms with Crippen LogP contribution in [0, 0.1) is 6.92 Å². The summed E-state index contributed by atoms with van der Waals surface area (Å²) in [6.45, 7) is 3.97. The van der Waals surface area contributed by atoms with E-state index in [9.17, 15) is 0 Å². The summed E-state index contributed by atoms with van der Waals surface area (Å²) in [5.41, 5.74) is 8.60. The average molecular weight is 242 g/mol. The van der Waals surface area contributed by atoms with E-state index < -0.39 is 0 Å². The molecule has 1 aromatic carbocycles. The Morgan fingerprint density at radius 2 is 2.06 bits per heavy atom. The summed E-state index contributed by atoms with van der Waals surface area (Å²) in [4.78, 5) is 2.16. The zero-order valence-electron chi connectivity index (χ0n) is 10.2. The Balaban J connectivity index is 2.51. The maximum absolute atomic E-state index is 5.97. The Kier molecular flexibility index (Phi) is 4.90. The quantitative estimate of drug-likeness (QED) is 0.615. The molecule has 3 nitrogen and oxygen atoms in total. The first kappa shape index (κ1) is 13.1. The second-order valence-electron chi connectivity index (χ2n) is 4.27. The first-order valence-electron chi connectivity index (χ1n) is 5.45. The number of halogens is 1. The maximum atomic E-state index is 5.97. The summed E-state index contributed by atoms with van der Waals surface area (Å²) in [7, 11) is 4.14. The smallest absolute Gasteiger partial charge is 0.0577 e. The van der Waals surface area contributed by atoms with Crippen LogP contribution >= 0.6 is 11.6 Å². The van der Waals surface area contributed by atoms with Crippen molar-refractivity contribution in [3.8, 4) is 0 Å². The van der Waals surface area contributed by atoms with E-state index in [2.05, 4.69) is 24.3 Å². The molecule has 0 atom stereocenters. The molecule has 0 saturated heterocycles. The van der Waals surface area contributed by atoms with Crippen molar-refractivity contribution in [3.05, 3.63) is 22.7 Å². The van der Waals surface area contributed by atoms with E-state index in [1.165, 1.54) is 0 Å². The zero-order valence-corrected chi connectivity index (χ0v) is 10.9. The summed E-state index contributed by atoms with van der Waals surface area (Å²) < 4.78 is 0. The summed E-state index contributed by atoms with van der Waals surface area (Å²) in [5.74, 6) is 0. The molecule has 1 rings (SSSR count). The van der Waals surface area contributed by atoms with Crippen LogP contribution in [0.1, 0.15) is 12.0 Å². The number of aryl methyl sites for hydroxylation is 1. The molecular formula is C12H20ClN3. The van der Waals surface area contributed by atoms with Crippen molar-refractivity contribution >= 4 is 23.0 Å². The molecule has 0 amide bonds. The number of benzene rings is 1. The van der Waals surface area contributed by atoms with E-state index in [1.54, 1.807) is 6.07 Å². The minimum absolute atomic E-state index is 0.709. The maximum Gasteiger partial charge on any atom is 0.0577 e. The minimum Gasteiger partial charge on any atom is -0.397 e. The van der Waals surface area contributed by atoms with Crippen LogP contribution in [0.25, 0.3) is 0 Å². The third-order valence-electron chi connectivity index (χ3n) is 2.43. The molecule has 0 spiro atoms. The van der Waals surface area contributed by atoms with Gasteiger partial charge in [0.05, 0.1) is 11.4 Å². The topological polar surface area (TPSA) is 41.3 Å². The lowest BCUT2D eigenvalue weighted by molar-refractivity contribution is 0.405. The average Bonchev–Trinajstić information content (AvgIpc) is 2.19. The van der Waals surface area contributed by atoms with E-state index in [-0.39, 0.29) is 0 Å². The van der Waals surface area contributed by atoms with Gasteiger partial charge in [0, 0.05) is 11.6 Å². The molecule has 0 aliphatic rings. The van der Waals surface area contributed by atoms with E-state index in [0.717, 1.165) is 35.8 Å². The van der Waals surface area contributed by atoms with E-state index >= 15 is 0 Å². The normalized spacial score (nSPS) is 10.8. The lowest BCUT2D eigenvalue weighted by Crippen LogP contribution is -2.16. The van der Waals surface area contributed by atoms with Crippen molar-refractivity contribution in [3.63, 3.8) is 0 Å². The third kappa shape index (κ3) is 3.91. The van der Waals surface area contributed by atoms with Gasteiger partial charge in [0.2, 0.25) is 0 Å². The van der Waals surface area contributed by atoms with Gasteiger partial charge in [0.15, 0.2) is 0 Å². The van der Waals surface area contributed by atoms with Crippen LogP contribution in [0.2, 0.25) is 5.02 Å². The van der Waals surface area contributed by atoms with Gasteiger partial charge in [-0.3, -0.25) is 0 Å². The number of nitrogens with two attached hydrogens (primary N) is 1. The second kappa shape index (κ2) is 5.97. The molecule has 0 heterocycles. The molecule has 0 saturated carbocycles. The molecule has 0 aromatic heterocycles. The lowest BCUT2D eigenvalue weighted by atomic mass is 10.2. The molecule has 0 radical (unpaired) electrons. The number of rotatable bonds is 5. The largest absolute Gasteiger partial charge is 0.397 e. The molecule has 0 unspecified atom stereocenters. The van der Waals surface area contributed by atoms with Crippen LogP contribution in [0.15, 0.2) is 12.1 Å². The zero-order chi connectivity index (χ0) is 12.1. The van der Waals surface area contributed by atoms with Gasteiger partial charge < -0.3 is 16.0 Å². The first-order chi connectivity index (χ1) is 7.50. The fourth-order valence-electron chi connectivity index (χ4n) is 1.47. The highest BCUT2D eigenvalue weighted by Crippen LogP contribution is 2.26. The molecule has 90 valence electrons. The van der Waals surface area contributed by atoms with E-state index in [1.807, 2.05) is 13.0 Å². The highest BCUT2D eigenvalue weighted by atomic mass is 35.5. The van der Waals surface area contributed by atoms with Crippen molar-refractivity contribution in [2.24, 2.45) is 0 Å². The first-order valence-corrected chi connectivity index (χ1v) is 5.82. The molecule has 0 aliphatic carbocycles. The molecule has 0 bridgehead atoms. The number of hydrogen-bond acceptors (Lipinski definition) is 3. The molecule has 1 aromatic rings. The second-order valence-corrected chi connectivity index (χ2v) is 4.68. The standard InChI is InChI=1S/C12H20ClN3/c1-9-7-12(11(14)8-10(9)13)15-5-4-6-16(2)3/h7-8,15H,4-6,14H2,1-3H3. The number of nitrogen functional groups attached to an aromatic ring is 1. The van der Waals surface area contributed by atoms with Crippen LogP contribution in [0.3, 0.4) is 0 Å². The predicted octanol–water partition coefficient (Wildman–Crippen LogP) is 2.59. The van der Waals surface area contributed by atoms with E-state index in [0.29, 0.717) is 5.69 Å². The molecule has 16 heavy (non-hydrogen) atoms. The lowest BCUT2D eigenvalue weighted by Gasteiger charge is -2.13. The van der Waals surface area contributed by atoms with Crippen molar-refractivity contribution in [2.45, 2.75) is 13.3 Å². The number of anilines is 2. The van der Waals surface area contributed by atoms with Gasteiger partial charge in [-0.05, 0) is 51.7 Å². The van der Waals surface area contributed by atoms with Crippen molar-refractivity contribution in [2.75, 3.05) is 38.2 Å². The molecule has 4 heteroatoms. The molecule has 3 N–H and O–H groups in total. The van der Waals surface area contributed by atoms with Crippen molar-refractivity contribution in [1.29, 1.82) is 0 Å². The molecule has 0 aliphatic heterocycles. The summed E-state index contributed by atoms with van der Waals surface area (Å²) >= 11 is 5.97. The van der Waals surface area contributed by atoms with Crippen molar-refractivity contribution < 1.29 is 0 Å². The Morgan fingerprint density at radius 3 is 2.69 bits per heavy atom. The predicted molar refractivity (Wildman–Crippen MR) is 72.3 cm³/mol. The van der Waals surface area contributed by atoms with Crippen LogP contribution in [0.4, 0.5) is 11.4 Å². The van der Waals surface area contributed by atoms with Crippen LogP contribution in [-0.4, -0.2) is 32.1 Å². The number of nitrogens with zero attached hydrogens (tertiary/aromatic N) is 1. The summed E-state index contributed by atoms with van der Waals surface area (Å²) in [5, 5.41) is 4.04. The molecular weight excluding hydrogens is 222 g/mol. The van der Waals surface area contributed by atoms with Gasteiger partial charge in [-0.25, -0.2) is 0 Å². The Labute approximate surface area is 103 Å². The minimum atomic E-state index is 0.709. The van der Waals surface area contributed by atoms with E-state index in [4.69, 9.17) is 17.3 Å².